The Morgan fingerprint density at radius 1 is 1.06 bits per heavy atom. The zero-order chi connectivity index (χ0) is 23.4. The molecule has 11 nitrogen and oxygen atoms in total. The molecule has 7 N–H and O–H groups in total. The Kier molecular flexibility index (Phi) is 7.20. The number of carbonyl (C=O) groups excluding carboxylic acids is 1. The fourth-order valence-electron chi connectivity index (χ4n) is 3.09. The van der Waals surface area contributed by atoms with E-state index in [2.05, 4.69) is 20.9 Å². The van der Waals surface area contributed by atoms with Crippen molar-refractivity contribution in [2.24, 2.45) is 0 Å². The summed E-state index contributed by atoms with van der Waals surface area (Å²) in [6.45, 7) is 1.58. The molecule has 1 aromatic heterocycles. The standard InChI is InChI=1S/C20H23FN4O7/c1-9(26)23-12-6-7-13(22-8-10-2-4-11(21)5-3-10)24-18(12)25-19-16(29)14(27)15(28)17(32-19)20(30)31/h2-7,14-17,19,27-29H,8H2,1H3,(H,23,26)(H,30,31)(H2,22,24,25)/t14-,15-,16+,17-,19+/m0/s1. The van der Waals surface area contributed by atoms with Gasteiger partial charge in [0.2, 0.25) is 5.91 Å². The van der Waals surface area contributed by atoms with Gasteiger partial charge in [0.25, 0.3) is 0 Å². The monoisotopic (exact) mass is 450 g/mol. The van der Waals surface area contributed by atoms with Crippen LogP contribution in [0.4, 0.5) is 21.7 Å². The van der Waals surface area contributed by atoms with E-state index in [1.807, 2.05) is 0 Å². The third-order valence-electron chi connectivity index (χ3n) is 4.73. The molecule has 1 fully saturated rings. The quantitative estimate of drug-likeness (QED) is 0.306. The number of aliphatic hydroxyl groups is 3. The van der Waals surface area contributed by atoms with Gasteiger partial charge in [-0.15, -0.1) is 0 Å². The number of rotatable bonds is 7. The third kappa shape index (κ3) is 5.48. The second kappa shape index (κ2) is 9.87. The molecule has 1 aliphatic rings. The maximum atomic E-state index is 13.1. The smallest absolute Gasteiger partial charge is 0.335 e. The van der Waals surface area contributed by atoms with Gasteiger partial charge < -0.3 is 41.1 Å². The third-order valence-corrected chi connectivity index (χ3v) is 4.73. The maximum absolute atomic E-state index is 13.1. The van der Waals surface area contributed by atoms with Crippen molar-refractivity contribution < 1.29 is 39.1 Å². The van der Waals surface area contributed by atoms with Crippen LogP contribution in [0.1, 0.15) is 12.5 Å². The molecule has 1 aliphatic heterocycles. The first-order valence-electron chi connectivity index (χ1n) is 9.61. The number of hydrogen-bond acceptors (Lipinski definition) is 9. The molecule has 1 amide bonds. The van der Waals surface area contributed by atoms with E-state index in [9.17, 15) is 34.4 Å². The highest BCUT2D eigenvalue weighted by atomic mass is 19.1. The normalized spacial score (nSPS) is 25.1. The number of aliphatic carboxylic acids is 1. The summed E-state index contributed by atoms with van der Waals surface area (Å²) in [6, 6.07) is 8.90. The van der Waals surface area contributed by atoms with Crippen molar-refractivity contribution in [3.05, 3.63) is 47.8 Å². The van der Waals surface area contributed by atoms with Gasteiger partial charge in [0, 0.05) is 13.5 Å². The highest BCUT2D eigenvalue weighted by Gasteiger charge is 2.47. The molecule has 0 aliphatic carbocycles. The summed E-state index contributed by atoms with van der Waals surface area (Å²) in [5.74, 6) is -1.95. The van der Waals surface area contributed by atoms with E-state index in [4.69, 9.17) is 4.74 Å². The van der Waals surface area contributed by atoms with Crippen LogP contribution < -0.4 is 16.0 Å². The Morgan fingerprint density at radius 3 is 2.38 bits per heavy atom. The lowest BCUT2D eigenvalue weighted by molar-refractivity contribution is -0.221. The van der Waals surface area contributed by atoms with Crippen molar-refractivity contribution in [1.82, 2.24) is 4.98 Å². The number of carboxylic acid groups (broad SMARTS) is 1. The Morgan fingerprint density at radius 2 is 1.75 bits per heavy atom. The number of aromatic nitrogens is 1. The fraction of sp³-hybridized carbons (Fsp3) is 0.350. The van der Waals surface area contributed by atoms with Crippen molar-refractivity contribution in [2.75, 3.05) is 16.0 Å². The van der Waals surface area contributed by atoms with Gasteiger partial charge in [0.05, 0.1) is 5.69 Å². The average Bonchev–Trinajstić information content (AvgIpc) is 2.74. The number of benzene rings is 1. The van der Waals surface area contributed by atoms with E-state index in [0.29, 0.717) is 12.4 Å². The lowest BCUT2D eigenvalue weighted by atomic mass is 9.98. The molecule has 2 aromatic rings. The molecule has 0 spiro atoms. The van der Waals surface area contributed by atoms with Crippen LogP contribution in [0.15, 0.2) is 36.4 Å². The first kappa shape index (κ1) is 23.3. The van der Waals surface area contributed by atoms with Crippen molar-refractivity contribution in [2.45, 2.75) is 44.1 Å². The van der Waals surface area contributed by atoms with Crippen LogP contribution in [-0.4, -0.2) is 67.9 Å². The summed E-state index contributed by atoms with van der Waals surface area (Å²) in [5.41, 5.74) is 0.981. The van der Waals surface area contributed by atoms with Gasteiger partial charge in [-0.3, -0.25) is 4.79 Å². The predicted molar refractivity (Wildman–Crippen MR) is 110 cm³/mol. The van der Waals surface area contributed by atoms with Gasteiger partial charge in [0.15, 0.2) is 18.1 Å². The number of pyridine rings is 1. The number of nitrogens with zero attached hydrogens (tertiary/aromatic N) is 1. The number of nitrogens with one attached hydrogen (secondary N) is 3. The molecule has 1 aromatic carbocycles. The maximum Gasteiger partial charge on any atom is 0.335 e. The molecule has 12 heteroatoms. The molecule has 0 saturated carbocycles. The topological polar surface area (TPSA) is 173 Å². The molecule has 172 valence electrons. The summed E-state index contributed by atoms with van der Waals surface area (Å²) in [5, 5.41) is 47.5. The van der Waals surface area contributed by atoms with Crippen molar-refractivity contribution in [3.63, 3.8) is 0 Å². The largest absolute Gasteiger partial charge is 0.479 e. The number of carboxylic acids is 1. The molecule has 0 unspecified atom stereocenters. The number of carbonyl (C=O) groups is 2. The minimum atomic E-state index is -1.84. The Hall–Kier alpha value is -3.32. The van der Waals surface area contributed by atoms with Crippen LogP contribution in [0.25, 0.3) is 0 Å². The SMILES string of the molecule is CC(=O)Nc1ccc(NCc2ccc(F)cc2)nc1N[C@@H]1O[C@H](C(=O)O)[C@@H](O)[C@H](O)[C@H]1O. The van der Waals surface area contributed by atoms with Gasteiger partial charge >= 0.3 is 5.97 Å². The van der Waals surface area contributed by atoms with Crippen LogP contribution in [0.3, 0.4) is 0 Å². The molecule has 1 saturated heterocycles. The summed E-state index contributed by atoms with van der Waals surface area (Å²) < 4.78 is 18.3. The van der Waals surface area contributed by atoms with Gasteiger partial charge in [-0.1, -0.05) is 12.1 Å². The molecule has 0 bridgehead atoms. The number of amides is 1. The van der Waals surface area contributed by atoms with Gasteiger partial charge in [-0.2, -0.15) is 0 Å². The second-order valence-corrected chi connectivity index (χ2v) is 7.19. The van der Waals surface area contributed by atoms with E-state index in [1.165, 1.54) is 25.1 Å². The number of hydrogen-bond donors (Lipinski definition) is 7. The van der Waals surface area contributed by atoms with Crippen LogP contribution in [-0.2, 0) is 20.9 Å². The molecule has 2 heterocycles. The minimum Gasteiger partial charge on any atom is -0.479 e. The van der Waals surface area contributed by atoms with Crippen LogP contribution in [0.2, 0.25) is 0 Å². The summed E-state index contributed by atoms with van der Waals surface area (Å²) in [7, 11) is 0. The lowest BCUT2D eigenvalue weighted by Gasteiger charge is -2.39. The molecule has 0 radical (unpaired) electrons. The lowest BCUT2D eigenvalue weighted by Crippen LogP contribution is -2.61. The van der Waals surface area contributed by atoms with Crippen molar-refractivity contribution >= 4 is 29.2 Å². The van der Waals surface area contributed by atoms with Crippen LogP contribution >= 0.6 is 0 Å². The summed E-state index contributed by atoms with van der Waals surface area (Å²) in [6.07, 6.45) is -8.58. The first-order valence-corrected chi connectivity index (χ1v) is 9.61. The van der Waals surface area contributed by atoms with E-state index >= 15 is 0 Å². The Labute approximate surface area is 181 Å². The Bertz CT molecular complexity index is 975. The summed E-state index contributed by atoms with van der Waals surface area (Å²) >= 11 is 0. The number of aliphatic hydroxyl groups excluding tert-OH is 3. The number of halogens is 1. The highest BCUT2D eigenvalue weighted by Crippen LogP contribution is 2.27. The fourth-order valence-corrected chi connectivity index (χ4v) is 3.09. The molecule has 5 atom stereocenters. The zero-order valence-electron chi connectivity index (χ0n) is 16.9. The van der Waals surface area contributed by atoms with Gasteiger partial charge in [-0.25, -0.2) is 14.2 Å². The highest BCUT2D eigenvalue weighted by molar-refractivity contribution is 5.92. The predicted octanol–water partition coefficient (Wildman–Crippen LogP) is 0.0953. The zero-order valence-corrected chi connectivity index (χ0v) is 16.9. The molecule has 3 rings (SSSR count). The van der Waals surface area contributed by atoms with Crippen molar-refractivity contribution in [1.29, 1.82) is 0 Å². The van der Waals surface area contributed by atoms with Crippen LogP contribution in [0, 0.1) is 5.82 Å². The van der Waals surface area contributed by atoms with Gasteiger partial charge in [0.1, 0.15) is 29.9 Å². The van der Waals surface area contributed by atoms with Crippen molar-refractivity contribution in [3.8, 4) is 0 Å². The average molecular weight is 450 g/mol. The molecular weight excluding hydrogens is 427 g/mol. The number of ether oxygens (including phenoxy) is 1. The summed E-state index contributed by atoms with van der Waals surface area (Å²) in [4.78, 5) is 27.2. The minimum absolute atomic E-state index is 0.0149. The molecule has 32 heavy (non-hydrogen) atoms. The second-order valence-electron chi connectivity index (χ2n) is 7.19. The molecular formula is C20H23FN4O7. The van der Waals surface area contributed by atoms with E-state index in [1.54, 1.807) is 18.2 Å². The van der Waals surface area contributed by atoms with Crippen LogP contribution in [0.5, 0.6) is 0 Å². The first-order chi connectivity index (χ1) is 15.2. The van der Waals surface area contributed by atoms with E-state index in [-0.39, 0.29) is 17.3 Å². The number of anilines is 3. The Balaban J connectivity index is 1.82. The van der Waals surface area contributed by atoms with E-state index < -0.39 is 42.5 Å². The van der Waals surface area contributed by atoms with Gasteiger partial charge in [-0.05, 0) is 29.8 Å². The van der Waals surface area contributed by atoms with E-state index in [0.717, 1.165) is 5.56 Å².